The number of carbonyl (C=O) groups is 8. The third kappa shape index (κ3) is 17.8. The molecule has 3 aromatic carbocycles. The number of hydrogen-bond donors (Lipinski definition) is 2. The first-order chi connectivity index (χ1) is 50.5. The molecule has 8 saturated carbocycles. The van der Waals surface area contributed by atoms with Crippen molar-refractivity contribution in [3.63, 3.8) is 0 Å². The van der Waals surface area contributed by atoms with E-state index in [2.05, 4.69) is 67.1 Å². The zero-order chi connectivity index (χ0) is 79.2. The first-order valence-electron chi connectivity index (χ1n) is 38.3. The maximum absolute atomic E-state index is 13.3. The van der Waals surface area contributed by atoms with Crippen LogP contribution in [0.15, 0.2) is 123 Å². The normalized spacial score (nSPS) is 31.0. The number of phenolic OH excluding ortho intramolecular Hbond substituents is 1. The van der Waals surface area contributed by atoms with E-state index in [-0.39, 0.29) is 82.0 Å². The highest BCUT2D eigenvalue weighted by atomic mass is 32.2. The van der Waals surface area contributed by atoms with Crippen molar-refractivity contribution in [2.45, 2.75) is 262 Å². The summed E-state index contributed by atoms with van der Waals surface area (Å²) in [5.41, 5.74) is -4.65. The number of aliphatic hydroxyl groups is 1. The lowest BCUT2D eigenvalue weighted by Crippen LogP contribution is -2.61. The molecular formula is C83H107F3O20S2. The predicted molar refractivity (Wildman–Crippen MR) is 390 cm³/mol. The number of aliphatic hydroxyl groups excluding tert-OH is 1. The smallest absolute Gasteiger partial charge is 0.426 e. The minimum Gasteiger partial charge on any atom is -0.748 e. The summed E-state index contributed by atoms with van der Waals surface area (Å²) in [4.78, 5) is 100.0. The Labute approximate surface area is 635 Å². The molecule has 15 rings (SSSR count). The SMILES string of the molecule is CCC(C)(C)C(=O)OC1(CC)CC2CC1C1C3CCC(C3)C21.CCC(C)(C)C(=O)OC12CC3CC(C1)CC(C(=O)OC(CS(=O)(=O)[O-])C(F)(F)F)(C3)C2.CCC(C)(C)C(=O)OC1=CC(=O)C(O)=CC1=O.CCC(C)(C)C(=O)OC1C2CC3C(=O)OC1C3O2.Oc1ccc([S+](c2ccccc2)c2ccccc2)cc1. The van der Waals surface area contributed by atoms with Crippen molar-refractivity contribution in [2.75, 3.05) is 5.75 Å². The van der Waals surface area contributed by atoms with Crippen LogP contribution in [0.5, 0.6) is 5.75 Å². The van der Waals surface area contributed by atoms with Crippen LogP contribution in [0.2, 0.25) is 0 Å². The second kappa shape index (κ2) is 31.9. The number of ketones is 2. The van der Waals surface area contributed by atoms with Crippen molar-refractivity contribution in [1.29, 1.82) is 0 Å². The Bertz CT molecular complexity index is 3960. The van der Waals surface area contributed by atoms with E-state index < -0.39 is 103 Å². The zero-order valence-electron chi connectivity index (χ0n) is 64.2. The Hall–Kier alpha value is -7.09. The number of rotatable bonds is 20. The number of fused-ring (bicyclic) bond motifs is 10. The molecule has 25 heteroatoms. The van der Waals surface area contributed by atoms with Crippen LogP contribution in [0.1, 0.15) is 199 Å². The minimum atomic E-state index is -5.27. The number of phenols is 1. The van der Waals surface area contributed by atoms with Gasteiger partial charge in [0.15, 0.2) is 38.4 Å². The van der Waals surface area contributed by atoms with Crippen LogP contribution in [0, 0.1) is 80.3 Å². The number of allylic oxidation sites excluding steroid dienone is 2. The summed E-state index contributed by atoms with van der Waals surface area (Å²) in [7, 11) is -5.41. The predicted octanol–water partition coefficient (Wildman–Crippen LogP) is 15.1. The second-order valence-corrected chi connectivity index (χ2v) is 37.8. The number of esters is 6. The maximum Gasteiger partial charge on any atom is 0.426 e. The standard InChI is InChI=1S/C20H29F3O7S.C20H32O2.C18H14OS.C13H18O5.C12H14O5/c1-4-17(2,3)15(24)30-19-8-12-5-13(9-19)7-18(6-12,11-19)16(25)29-14(20(21,22)23)10-31(26,27)28;1-5-19(3,4)18(21)22-20(6-2)11-14-10-15(20)17-13-8-7-12(9-13)16(14)17;19-15-11-13-18(14-12-15)20(16-7-3-1-4-8-16)17-9-5-2-6-10-17;1-4-13(2,3)12(15)18-9-7-5-6-8(16-7)10(9)17-11(6)14;1-4-12(2,3)11(16)17-10-6-8(14)7(13)5-9(10)15/h12-14H,4-11H2,1-3H3,(H,26,27,28);12-17H,5-11H2,1-4H3;1-14H;6-10H,4-5H2,1-3H3;5-6,13H,4H2,1-3H3. The van der Waals surface area contributed by atoms with Crippen LogP contribution >= 0.6 is 0 Å². The Morgan fingerprint density at radius 3 is 1.66 bits per heavy atom. The molecule has 12 aliphatic rings. The molecule has 3 aliphatic heterocycles. The number of carbonyl (C=O) groups excluding carboxylic acids is 8. The van der Waals surface area contributed by atoms with Crippen LogP contribution in [-0.4, -0.2) is 124 Å². The van der Waals surface area contributed by atoms with E-state index in [1.165, 1.54) is 40.4 Å². The Morgan fingerprint density at radius 1 is 0.611 bits per heavy atom. The van der Waals surface area contributed by atoms with E-state index in [0.717, 1.165) is 67.4 Å². The molecule has 15 atom stereocenters. The van der Waals surface area contributed by atoms with Crippen LogP contribution in [-0.2, 0) is 92.5 Å². The number of aromatic hydroxyl groups is 1. The van der Waals surface area contributed by atoms with Gasteiger partial charge in [0.2, 0.25) is 17.7 Å². The average molecular weight is 1550 g/mol. The molecule has 3 saturated heterocycles. The summed E-state index contributed by atoms with van der Waals surface area (Å²) >= 11 is 0. The monoisotopic (exact) mass is 1540 g/mol. The van der Waals surface area contributed by atoms with Gasteiger partial charge in [-0.2, -0.15) is 13.2 Å². The number of hydrogen-bond acceptors (Lipinski definition) is 20. The van der Waals surface area contributed by atoms with Crippen LogP contribution in [0.25, 0.3) is 0 Å². The van der Waals surface area contributed by atoms with E-state index in [4.69, 9.17) is 33.5 Å². The van der Waals surface area contributed by atoms with Gasteiger partial charge in [-0.3, -0.25) is 38.4 Å². The summed E-state index contributed by atoms with van der Waals surface area (Å²) in [6.07, 6.45) is 5.88. The van der Waals surface area contributed by atoms with Crippen molar-refractivity contribution in [3.8, 4) is 5.75 Å². The topological polar surface area (TPSA) is 299 Å². The highest BCUT2D eigenvalue weighted by Crippen LogP contribution is 2.71. The lowest BCUT2D eigenvalue weighted by Gasteiger charge is -2.60. The van der Waals surface area contributed by atoms with Crippen LogP contribution in [0.3, 0.4) is 0 Å². The first-order valence-corrected chi connectivity index (χ1v) is 41.1. The highest BCUT2D eigenvalue weighted by Gasteiger charge is 2.69. The van der Waals surface area contributed by atoms with Gasteiger partial charge in [0.25, 0.3) is 0 Å². The van der Waals surface area contributed by atoms with Gasteiger partial charge in [-0.25, -0.2) is 8.42 Å². The molecule has 15 unspecified atom stereocenters. The number of halogens is 3. The summed E-state index contributed by atoms with van der Waals surface area (Å²) < 4.78 is 111. The molecule has 10 bridgehead atoms. The summed E-state index contributed by atoms with van der Waals surface area (Å²) in [5, 5.41) is 18.5. The molecular weight excluding hydrogens is 1440 g/mol. The van der Waals surface area contributed by atoms with Gasteiger partial charge in [-0.1, -0.05) is 71.0 Å². The number of ether oxygens (including phenoxy) is 7. The van der Waals surface area contributed by atoms with E-state index in [0.29, 0.717) is 63.0 Å². The first kappa shape index (κ1) is 83.4. The summed E-state index contributed by atoms with van der Waals surface area (Å²) in [5.74, 6) is -1.35. The third-order valence-corrected chi connectivity index (χ3v) is 28.5. The van der Waals surface area contributed by atoms with E-state index in [1.807, 2.05) is 72.7 Å². The van der Waals surface area contributed by atoms with Crippen molar-refractivity contribution >= 4 is 68.4 Å². The molecule has 0 aromatic heterocycles. The van der Waals surface area contributed by atoms with E-state index >= 15 is 0 Å². The second-order valence-electron chi connectivity index (χ2n) is 34.4. The molecule has 9 aliphatic carbocycles. The van der Waals surface area contributed by atoms with E-state index in [1.54, 1.807) is 39.8 Å². The summed E-state index contributed by atoms with van der Waals surface area (Å²) in [6.45, 7) is 24.6. The molecule has 0 radical (unpaired) electrons. The van der Waals surface area contributed by atoms with Gasteiger partial charge >= 0.3 is 42.0 Å². The average Bonchev–Trinajstić information content (AvgIpc) is 1.46. The largest absolute Gasteiger partial charge is 0.748 e. The fourth-order valence-corrected chi connectivity index (χ4v) is 21.0. The van der Waals surface area contributed by atoms with Crippen LogP contribution < -0.4 is 0 Å². The molecule has 3 heterocycles. The van der Waals surface area contributed by atoms with Crippen molar-refractivity contribution in [3.05, 3.63) is 109 Å². The number of alkyl halides is 3. The maximum atomic E-state index is 13.3. The van der Waals surface area contributed by atoms with Crippen molar-refractivity contribution in [1.82, 2.24) is 0 Å². The lowest BCUT2D eigenvalue weighted by molar-refractivity contribution is -0.239. The quantitative estimate of drug-likeness (QED) is 0.0265. The molecule has 0 amide bonds. The molecule has 2 N–H and O–H groups in total. The molecule has 3 aromatic rings. The van der Waals surface area contributed by atoms with Crippen LogP contribution in [0.4, 0.5) is 13.2 Å². The molecule has 11 fully saturated rings. The fourth-order valence-electron chi connectivity index (χ4n) is 18.3. The molecule has 0 spiro atoms. The fraction of sp³-hybridized carbons (Fsp3) is 0.639. The summed E-state index contributed by atoms with van der Waals surface area (Å²) in [6, 6.07) is 28.5. The van der Waals surface area contributed by atoms with Gasteiger partial charge in [-0.05, 0) is 248 Å². The molecule has 20 nitrogen and oxygen atoms in total. The lowest BCUT2D eigenvalue weighted by atomic mass is 9.48. The van der Waals surface area contributed by atoms with Gasteiger partial charge in [0, 0.05) is 24.5 Å². The Morgan fingerprint density at radius 2 is 1.13 bits per heavy atom. The Balaban J connectivity index is 0.000000147. The van der Waals surface area contributed by atoms with Gasteiger partial charge in [-0.15, -0.1) is 0 Å². The van der Waals surface area contributed by atoms with Gasteiger partial charge in [0.05, 0.1) is 65.9 Å². The molecule has 108 heavy (non-hydrogen) atoms. The minimum absolute atomic E-state index is 0.00100. The Kier molecular flexibility index (Phi) is 24.7. The molecule has 592 valence electrons. The highest BCUT2D eigenvalue weighted by molar-refractivity contribution is 7.97. The zero-order valence-corrected chi connectivity index (χ0v) is 65.9. The van der Waals surface area contributed by atoms with Crippen molar-refractivity contribution in [2.24, 2.45) is 80.3 Å². The van der Waals surface area contributed by atoms with E-state index in [9.17, 15) is 69.6 Å². The van der Waals surface area contributed by atoms with Gasteiger partial charge < -0.3 is 47.9 Å². The van der Waals surface area contributed by atoms with Crippen molar-refractivity contribution < 1.29 is 108 Å². The third-order valence-electron chi connectivity index (χ3n) is 25.5. The number of benzene rings is 3. The van der Waals surface area contributed by atoms with Gasteiger partial charge in [0.1, 0.15) is 23.1 Å².